The van der Waals surface area contributed by atoms with Gasteiger partial charge in [-0.15, -0.1) is 0 Å². The molecule has 29 heavy (non-hydrogen) atoms. The third-order valence-corrected chi connectivity index (χ3v) is 7.59. The molecule has 0 spiro atoms. The third-order valence-electron chi connectivity index (χ3n) is 5.71. The molecule has 0 aliphatic carbocycles. The average molecular weight is 424 g/mol. The topological polar surface area (TPSA) is 96.0 Å². The van der Waals surface area contributed by atoms with Crippen molar-refractivity contribution in [1.82, 2.24) is 4.31 Å². The largest absolute Gasteiger partial charge is 0.465 e. The summed E-state index contributed by atoms with van der Waals surface area (Å²) in [4.78, 5) is 27.0. The molecule has 160 valence electrons. The highest BCUT2D eigenvalue weighted by Crippen LogP contribution is 2.31. The molecule has 2 fully saturated rings. The van der Waals surface area contributed by atoms with Crippen LogP contribution in [0.15, 0.2) is 18.2 Å². The summed E-state index contributed by atoms with van der Waals surface area (Å²) in [5, 5.41) is 2.99. The fraction of sp³-hybridized carbons (Fsp3) is 0.600. The number of anilines is 2. The summed E-state index contributed by atoms with van der Waals surface area (Å²) in [6, 6.07) is 5.22. The van der Waals surface area contributed by atoms with E-state index in [1.54, 1.807) is 19.1 Å². The van der Waals surface area contributed by atoms with E-state index in [0.29, 0.717) is 37.2 Å². The van der Waals surface area contributed by atoms with Crippen LogP contribution in [-0.4, -0.2) is 63.6 Å². The molecule has 3 rings (SSSR count). The summed E-state index contributed by atoms with van der Waals surface area (Å²) >= 11 is 0. The number of esters is 1. The van der Waals surface area contributed by atoms with Crippen LogP contribution in [0.4, 0.5) is 11.4 Å². The summed E-state index contributed by atoms with van der Waals surface area (Å²) < 4.78 is 30.3. The van der Waals surface area contributed by atoms with Crippen LogP contribution in [-0.2, 0) is 19.6 Å². The minimum atomic E-state index is -3.22. The van der Waals surface area contributed by atoms with Crippen molar-refractivity contribution in [3.05, 3.63) is 23.8 Å². The zero-order valence-corrected chi connectivity index (χ0v) is 17.8. The molecule has 2 aliphatic rings. The van der Waals surface area contributed by atoms with Gasteiger partial charge in [0.15, 0.2) is 0 Å². The number of carbonyl (C=O) groups is 2. The first-order valence-electron chi connectivity index (χ1n) is 10.1. The Kier molecular flexibility index (Phi) is 6.79. The van der Waals surface area contributed by atoms with Crippen molar-refractivity contribution >= 4 is 33.3 Å². The number of rotatable bonds is 6. The molecule has 8 nitrogen and oxygen atoms in total. The van der Waals surface area contributed by atoms with E-state index >= 15 is 0 Å². The van der Waals surface area contributed by atoms with E-state index in [-0.39, 0.29) is 17.6 Å². The van der Waals surface area contributed by atoms with Crippen LogP contribution in [0.1, 0.15) is 43.0 Å². The van der Waals surface area contributed by atoms with Gasteiger partial charge in [-0.3, -0.25) is 4.79 Å². The molecule has 0 unspecified atom stereocenters. The lowest BCUT2D eigenvalue weighted by Crippen LogP contribution is -2.42. The Morgan fingerprint density at radius 2 is 1.79 bits per heavy atom. The lowest BCUT2D eigenvalue weighted by molar-refractivity contribution is -0.120. The minimum absolute atomic E-state index is 0.0728. The lowest BCUT2D eigenvalue weighted by atomic mass is 9.97. The average Bonchev–Trinajstić information content (AvgIpc) is 3.27. The van der Waals surface area contributed by atoms with Crippen molar-refractivity contribution in [3.8, 4) is 0 Å². The summed E-state index contributed by atoms with van der Waals surface area (Å²) in [6.45, 7) is 4.16. The first-order chi connectivity index (χ1) is 13.9. The van der Waals surface area contributed by atoms with Crippen molar-refractivity contribution in [2.24, 2.45) is 5.92 Å². The molecule has 2 heterocycles. The van der Waals surface area contributed by atoms with Crippen LogP contribution in [0.25, 0.3) is 0 Å². The second-order valence-electron chi connectivity index (χ2n) is 7.48. The molecular weight excluding hydrogens is 394 g/mol. The van der Waals surface area contributed by atoms with Gasteiger partial charge in [-0.2, -0.15) is 0 Å². The Morgan fingerprint density at radius 1 is 1.14 bits per heavy atom. The first-order valence-corrected chi connectivity index (χ1v) is 11.7. The van der Waals surface area contributed by atoms with Crippen molar-refractivity contribution in [2.75, 3.05) is 49.3 Å². The quantitative estimate of drug-likeness (QED) is 0.704. The minimum Gasteiger partial charge on any atom is -0.465 e. The maximum Gasteiger partial charge on any atom is 0.337 e. The Labute approximate surface area is 172 Å². The summed E-state index contributed by atoms with van der Waals surface area (Å²) in [6.07, 6.45) is 3.16. The molecule has 0 atom stereocenters. The van der Waals surface area contributed by atoms with Crippen molar-refractivity contribution in [3.63, 3.8) is 0 Å². The molecular formula is C20H29N3O5S. The molecule has 9 heteroatoms. The molecule has 0 saturated carbocycles. The fourth-order valence-corrected chi connectivity index (χ4v) is 5.06. The number of methoxy groups -OCH3 is 1. The molecule has 0 radical (unpaired) electrons. The Bertz CT molecular complexity index is 857. The third kappa shape index (κ3) is 4.90. The molecule has 1 N–H and O–H groups in total. The lowest BCUT2D eigenvalue weighted by Gasteiger charge is -2.30. The molecule has 2 aliphatic heterocycles. The van der Waals surface area contributed by atoms with E-state index in [9.17, 15) is 18.0 Å². The number of carbonyl (C=O) groups excluding carboxylic acids is 2. The number of nitrogens with one attached hydrogen (secondary N) is 1. The number of hydrogen-bond acceptors (Lipinski definition) is 6. The molecule has 0 aromatic heterocycles. The van der Waals surface area contributed by atoms with E-state index in [1.165, 1.54) is 11.4 Å². The highest BCUT2D eigenvalue weighted by Gasteiger charge is 2.31. The van der Waals surface area contributed by atoms with E-state index in [4.69, 9.17) is 4.74 Å². The molecule has 1 amide bonds. The van der Waals surface area contributed by atoms with Gasteiger partial charge < -0.3 is 15.0 Å². The van der Waals surface area contributed by atoms with Gasteiger partial charge in [0.1, 0.15) is 0 Å². The van der Waals surface area contributed by atoms with Crippen LogP contribution in [0.5, 0.6) is 0 Å². The number of piperidine rings is 1. The molecule has 2 saturated heterocycles. The Hall–Kier alpha value is -2.13. The van der Waals surface area contributed by atoms with Crippen LogP contribution in [0, 0.1) is 5.92 Å². The van der Waals surface area contributed by atoms with Crippen LogP contribution >= 0.6 is 0 Å². The van der Waals surface area contributed by atoms with Gasteiger partial charge in [0.25, 0.3) is 0 Å². The highest BCUT2D eigenvalue weighted by molar-refractivity contribution is 7.89. The zero-order chi connectivity index (χ0) is 21.0. The van der Waals surface area contributed by atoms with Gasteiger partial charge >= 0.3 is 5.97 Å². The Morgan fingerprint density at radius 3 is 2.38 bits per heavy atom. The van der Waals surface area contributed by atoms with Gasteiger partial charge in [0.2, 0.25) is 15.9 Å². The first kappa shape index (κ1) is 21.6. The zero-order valence-electron chi connectivity index (χ0n) is 17.0. The van der Waals surface area contributed by atoms with Gasteiger partial charge in [-0.05, 0) is 50.8 Å². The van der Waals surface area contributed by atoms with E-state index in [0.717, 1.165) is 31.6 Å². The standard InChI is InChI=1S/C20H29N3O5S/c1-3-29(26,27)23-12-8-15(9-13-23)19(24)21-17-14-16(20(25)28-2)6-7-18(17)22-10-4-5-11-22/h6-7,14-15H,3-5,8-13H2,1-2H3,(H,21,24). The van der Waals surface area contributed by atoms with Crippen molar-refractivity contribution in [1.29, 1.82) is 0 Å². The number of benzene rings is 1. The van der Waals surface area contributed by atoms with Crippen LogP contribution in [0.2, 0.25) is 0 Å². The van der Waals surface area contributed by atoms with E-state index in [1.807, 2.05) is 6.07 Å². The summed E-state index contributed by atoms with van der Waals surface area (Å²) in [5.41, 5.74) is 1.88. The predicted molar refractivity (Wildman–Crippen MR) is 112 cm³/mol. The van der Waals surface area contributed by atoms with Crippen molar-refractivity contribution < 1.29 is 22.7 Å². The van der Waals surface area contributed by atoms with Gasteiger partial charge in [0, 0.05) is 32.1 Å². The van der Waals surface area contributed by atoms with Crippen LogP contribution < -0.4 is 10.2 Å². The molecule has 0 bridgehead atoms. The smallest absolute Gasteiger partial charge is 0.337 e. The monoisotopic (exact) mass is 423 g/mol. The number of sulfonamides is 1. The normalized spacial score (nSPS) is 18.6. The summed E-state index contributed by atoms with van der Waals surface area (Å²) in [7, 11) is -1.90. The SMILES string of the molecule is CCS(=O)(=O)N1CCC(C(=O)Nc2cc(C(=O)OC)ccc2N2CCCC2)CC1. The number of nitrogens with zero attached hydrogens (tertiary/aromatic N) is 2. The molecule has 1 aromatic carbocycles. The number of ether oxygens (including phenoxy) is 1. The second kappa shape index (κ2) is 9.13. The Balaban J connectivity index is 1.74. The summed E-state index contributed by atoms with van der Waals surface area (Å²) in [5.74, 6) is -0.775. The van der Waals surface area contributed by atoms with E-state index < -0.39 is 16.0 Å². The molecule has 1 aromatic rings. The second-order valence-corrected chi connectivity index (χ2v) is 9.74. The predicted octanol–water partition coefficient (Wildman–Crippen LogP) is 2.07. The van der Waals surface area contributed by atoms with Gasteiger partial charge in [-0.1, -0.05) is 0 Å². The van der Waals surface area contributed by atoms with Gasteiger partial charge in [-0.25, -0.2) is 17.5 Å². The maximum atomic E-state index is 12.9. The highest BCUT2D eigenvalue weighted by atomic mass is 32.2. The number of hydrogen-bond donors (Lipinski definition) is 1. The van der Waals surface area contributed by atoms with Gasteiger partial charge in [0.05, 0.1) is 29.8 Å². The van der Waals surface area contributed by atoms with Crippen molar-refractivity contribution in [2.45, 2.75) is 32.6 Å². The van der Waals surface area contributed by atoms with E-state index in [2.05, 4.69) is 10.2 Å². The van der Waals surface area contributed by atoms with Crippen LogP contribution in [0.3, 0.4) is 0 Å². The number of amides is 1. The maximum absolute atomic E-state index is 12.9. The fourth-order valence-electron chi connectivity index (χ4n) is 3.93.